The summed E-state index contributed by atoms with van der Waals surface area (Å²) in [5.74, 6) is 1.93. The zero-order chi connectivity index (χ0) is 20.4. The summed E-state index contributed by atoms with van der Waals surface area (Å²) in [6.07, 6.45) is 5.38. The third kappa shape index (κ3) is 3.83. The molecule has 0 saturated carbocycles. The summed E-state index contributed by atoms with van der Waals surface area (Å²) in [5, 5.41) is 0. The standard InChI is InChI=1S/C20H23N5O3S/c1-16-5-6-17(28-2)18(13-16)29(26,27)25-11-9-24(10-12-25)20-14-19(21-15-22-20)23-7-3-4-8-23/h3-8,13-15H,9-12H2,1-2H3. The first-order valence-corrected chi connectivity index (χ1v) is 10.8. The number of hydrogen-bond donors (Lipinski definition) is 0. The fourth-order valence-electron chi connectivity index (χ4n) is 3.42. The summed E-state index contributed by atoms with van der Waals surface area (Å²) in [4.78, 5) is 11.0. The molecule has 0 atom stereocenters. The Morgan fingerprint density at radius 3 is 2.34 bits per heavy atom. The number of nitrogens with zero attached hydrogens (tertiary/aromatic N) is 5. The van der Waals surface area contributed by atoms with Gasteiger partial charge in [0.15, 0.2) is 0 Å². The lowest BCUT2D eigenvalue weighted by atomic mass is 10.2. The van der Waals surface area contributed by atoms with Gasteiger partial charge in [0, 0.05) is 44.6 Å². The van der Waals surface area contributed by atoms with E-state index in [0.29, 0.717) is 31.9 Å². The van der Waals surface area contributed by atoms with Crippen LogP contribution in [0.25, 0.3) is 5.82 Å². The second kappa shape index (κ2) is 7.84. The fourth-order valence-corrected chi connectivity index (χ4v) is 5.08. The van der Waals surface area contributed by atoms with Gasteiger partial charge in [-0.15, -0.1) is 0 Å². The third-order valence-electron chi connectivity index (χ3n) is 5.01. The second-order valence-electron chi connectivity index (χ2n) is 6.87. The van der Waals surface area contributed by atoms with E-state index in [2.05, 4.69) is 14.9 Å². The highest BCUT2D eigenvalue weighted by atomic mass is 32.2. The van der Waals surface area contributed by atoms with Crippen LogP contribution in [0.2, 0.25) is 0 Å². The molecule has 3 heterocycles. The van der Waals surface area contributed by atoms with Crippen molar-refractivity contribution in [3.8, 4) is 11.6 Å². The summed E-state index contributed by atoms with van der Waals surface area (Å²) in [7, 11) is -2.15. The quantitative estimate of drug-likeness (QED) is 0.637. The van der Waals surface area contributed by atoms with Crippen molar-refractivity contribution >= 4 is 15.8 Å². The summed E-state index contributed by atoms with van der Waals surface area (Å²) in [5.41, 5.74) is 0.876. The van der Waals surface area contributed by atoms with E-state index in [4.69, 9.17) is 4.74 Å². The largest absolute Gasteiger partial charge is 0.495 e. The van der Waals surface area contributed by atoms with Gasteiger partial charge in [-0.3, -0.25) is 0 Å². The predicted molar refractivity (Wildman–Crippen MR) is 110 cm³/mol. The number of ether oxygens (including phenoxy) is 1. The van der Waals surface area contributed by atoms with Gasteiger partial charge in [-0.2, -0.15) is 4.31 Å². The van der Waals surface area contributed by atoms with Crippen LogP contribution in [0, 0.1) is 6.92 Å². The van der Waals surface area contributed by atoms with Crippen LogP contribution in [-0.4, -0.2) is 60.5 Å². The lowest BCUT2D eigenvalue weighted by Gasteiger charge is -2.34. The van der Waals surface area contributed by atoms with E-state index in [1.165, 1.54) is 17.7 Å². The van der Waals surface area contributed by atoms with E-state index in [0.717, 1.165) is 17.2 Å². The maximum Gasteiger partial charge on any atom is 0.246 e. The minimum atomic E-state index is -3.63. The van der Waals surface area contributed by atoms with Crippen molar-refractivity contribution in [2.45, 2.75) is 11.8 Å². The summed E-state index contributed by atoms with van der Waals surface area (Å²) >= 11 is 0. The molecule has 29 heavy (non-hydrogen) atoms. The fraction of sp³-hybridized carbons (Fsp3) is 0.300. The Bertz CT molecular complexity index is 1090. The van der Waals surface area contributed by atoms with Crippen LogP contribution < -0.4 is 9.64 Å². The lowest BCUT2D eigenvalue weighted by Crippen LogP contribution is -2.49. The van der Waals surface area contributed by atoms with Crippen molar-refractivity contribution in [3.05, 3.63) is 60.7 Å². The Labute approximate surface area is 170 Å². The molecule has 152 valence electrons. The molecule has 2 aromatic heterocycles. The molecule has 0 aliphatic carbocycles. The minimum Gasteiger partial charge on any atom is -0.495 e. The Kier molecular flexibility index (Phi) is 5.25. The summed E-state index contributed by atoms with van der Waals surface area (Å²) in [6, 6.07) is 11.0. The van der Waals surface area contributed by atoms with Crippen molar-refractivity contribution < 1.29 is 13.2 Å². The normalized spacial score (nSPS) is 15.4. The van der Waals surface area contributed by atoms with Gasteiger partial charge in [-0.25, -0.2) is 18.4 Å². The van der Waals surface area contributed by atoms with Crippen molar-refractivity contribution in [2.24, 2.45) is 0 Å². The predicted octanol–water partition coefficient (Wildman–Crippen LogP) is 2.10. The number of benzene rings is 1. The molecule has 1 aliphatic rings. The topological polar surface area (TPSA) is 80.6 Å². The SMILES string of the molecule is COc1ccc(C)cc1S(=O)(=O)N1CCN(c2cc(-n3cccc3)ncn2)CC1. The molecule has 0 radical (unpaired) electrons. The van der Waals surface area contributed by atoms with Crippen LogP contribution in [0.15, 0.2) is 60.0 Å². The molecule has 0 bridgehead atoms. The maximum atomic E-state index is 13.2. The molecule has 0 amide bonds. The molecule has 0 N–H and O–H groups in total. The number of hydrogen-bond acceptors (Lipinski definition) is 6. The first kappa shape index (κ1) is 19.4. The number of piperazine rings is 1. The molecule has 1 saturated heterocycles. The molecule has 1 aromatic carbocycles. The van der Waals surface area contributed by atoms with Crippen LogP contribution in [0.4, 0.5) is 5.82 Å². The smallest absolute Gasteiger partial charge is 0.246 e. The van der Waals surface area contributed by atoms with Gasteiger partial charge in [0.1, 0.15) is 28.6 Å². The van der Waals surface area contributed by atoms with Crippen LogP contribution in [-0.2, 0) is 10.0 Å². The number of aryl methyl sites for hydroxylation is 1. The lowest BCUT2D eigenvalue weighted by molar-refractivity contribution is 0.373. The van der Waals surface area contributed by atoms with E-state index in [-0.39, 0.29) is 4.90 Å². The molecule has 1 aliphatic heterocycles. The van der Waals surface area contributed by atoms with Crippen molar-refractivity contribution in [1.82, 2.24) is 18.8 Å². The zero-order valence-electron chi connectivity index (χ0n) is 16.4. The van der Waals surface area contributed by atoms with Gasteiger partial charge < -0.3 is 14.2 Å². The average molecular weight is 414 g/mol. The number of aromatic nitrogens is 3. The van der Waals surface area contributed by atoms with Gasteiger partial charge in [0.05, 0.1) is 7.11 Å². The monoisotopic (exact) mass is 413 g/mol. The van der Waals surface area contributed by atoms with E-state index < -0.39 is 10.0 Å². The molecular weight excluding hydrogens is 390 g/mol. The number of methoxy groups -OCH3 is 1. The molecule has 0 spiro atoms. The number of anilines is 1. The Hall–Kier alpha value is -2.91. The van der Waals surface area contributed by atoms with Crippen LogP contribution in [0.5, 0.6) is 5.75 Å². The summed E-state index contributed by atoms with van der Waals surface area (Å²) < 4.78 is 35.0. The number of rotatable bonds is 5. The Morgan fingerprint density at radius 2 is 1.66 bits per heavy atom. The highest BCUT2D eigenvalue weighted by molar-refractivity contribution is 7.89. The van der Waals surface area contributed by atoms with Gasteiger partial charge in [-0.05, 0) is 36.8 Å². The van der Waals surface area contributed by atoms with Crippen LogP contribution in [0.1, 0.15) is 5.56 Å². The molecule has 0 unspecified atom stereocenters. The molecule has 3 aromatic rings. The van der Waals surface area contributed by atoms with Crippen molar-refractivity contribution in [2.75, 3.05) is 38.2 Å². The molecule has 8 nitrogen and oxygen atoms in total. The van der Waals surface area contributed by atoms with Crippen LogP contribution >= 0.6 is 0 Å². The Balaban J connectivity index is 1.51. The summed E-state index contributed by atoms with van der Waals surface area (Å²) in [6.45, 7) is 3.73. The van der Waals surface area contributed by atoms with Crippen molar-refractivity contribution in [3.63, 3.8) is 0 Å². The highest BCUT2D eigenvalue weighted by Gasteiger charge is 2.31. The molecule has 4 rings (SSSR count). The average Bonchev–Trinajstić information content (AvgIpc) is 3.29. The van der Waals surface area contributed by atoms with E-state index in [1.807, 2.05) is 48.1 Å². The third-order valence-corrected chi connectivity index (χ3v) is 6.93. The van der Waals surface area contributed by atoms with Crippen molar-refractivity contribution in [1.29, 1.82) is 0 Å². The first-order valence-electron chi connectivity index (χ1n) is 9.34. The minimum absolute atomic E-state index is 0.213. The van der Waals surface area contributed by atoms with E-state index >= 15 is 0 Å². The second-order valence-corrected chi connectivity index (χ2v) is 8.78. The first-order chi connectivity index (χ1) is 14.0. The Morgan fingerprint density at radius 1 is 0.966 bits per heavy atom. The van der Waals surface area contributed by atoms with Gasteiger partial charge in [0.25, 0.3) is 0 Å². The zero-order valence-corrected chi connectivity index (χ0v) is 17.2. The molecule has 9 heteroatoms. The van der Waals surface area contributed by atoms with Gasteiger partial charge in [-0.1, -0.05) is 6.07 Å². The van der Waals surface area contributed by atoms with Gasteiger partial charge >= 0.3 is 0 Å². The van der Waals surface area contributed by atoms with Crippen LogP contribution in [0.3, 0.4) is 0 Å². The van der Waals surface area contributed by atoms with E-state index in [9.17, 15) is 8.42 Å². The maximum absolute atomic E-state index is 13.2. The molecule has 1 fully saturated rings. The van der Waals surface area contributed by atoms with Gasteiger partial charge in [0.2, 0.25) is 10.0 Å². The van der Waals surface area contributed by atoms with E-state index in [1.54, 1.807) is 12.1 Å². The highest BCUT2D eigenvalue weighted by Crippen LogP contribution is 2.29. The number of sulfonamides is 1. The molecular formula is C20H23N5O3S.